The maximum Gasteiger partial charge on any atom is 0.426 e. The summed E-state index contributed by atoms with van der Waals surface area (Å²) in [5.74, 6) is -1.26. The number of carbonyl (C=O) groups excluding carboxylic acids is 1. The molecule has 0 aliphatic rings. The van der Waals surface area contributed by atoms with Crippen LogP contribution in [0.5, 0.6) is 0 Å². The maximum atomic E-state index is 12.2. The van der Waals surface area contributed by atoms with E-state index in [4.69, 9.17) is 4.42 Å². The first-order valence-corrected chi connectivity index (χ1v) is 5.56. The van der Waals surface area contributed by atoms with E-state index >= 15 is 0 Å². The Labute approximate surface area is 107 Å². The summed E-state index contributed by atoms with van der Waals surface area (Å²) in [6.07, 6.45) is 0. The van der Waals surface area contributed by atoms with Crippen molar-refractivity contribution in [2.24, 2.45) is 5.41 Å². The molecule has 0 aliphatic carbocycles. The lowest BCUT2D eigenvalue weighted by Gasteiger charge is -2.15. The number of non-ortho nitro benzene ring substituents is 1. The Morgan fingerprint density at radius 2 is 2.00 bits per heavy atom. The molecule has 2 rings (SSSR count). The molecule has 0 spiro atoms. The fraction of sp³-hybridized carbons (Fsp3) is 0.333. The van der Waals surface area contributed by atoms with E-state index in [0.717, 1.165) is 10.6 Å². The van der Waals surface area contributed by atoms with Gasteiger partial charge in [-0.25, -0.2) is 9.36 Å². The molecule has 7 heteroatoms. The molecule has 2 aromatic rings. The number of nitro groups is 1. The molecule has 0 saturated carbocycles. The smallest absolute Gasteiger partial charge is 0.407 e. The molecule has 100 valence electrons. The molecule has 19 heavy (non-hydrogen) atoms. The van der Waals surface area contributed by atoms with E-state index in [9.17, 15) is 19.7 Å². The third kappa shape index (κ3) is 2.14. The van der Waals surface area contributed by atoms with Crippen LogP contribution in [0.3, 0.4) is 0 Å². The molecule has 1 aromatic heterocycles. The van der Waals surface area contributed by atoms with Crippen LogP contribution in [0.25, 0.3) is 11.1 Å². The van der Waals surface area contributed by atoms with E-state index in [-0.39, 0.29) is 16.8 Å². The number of aromatic nitrogens is 1. The number of rotatable bonds is 1. The van der Waals surface area contributed by atoms with Crippen molar-refractivity contribution in [2.45, 2.75) is 20.8 Å². The van der Waals surface area contributed by atoms with Gasteiger partial charge in [0, 0.05) is 11.5 Å². The average molecular weight is 264 g/mol. The first kappa shape index (κ1) is 13.0. The zero-order chi connectivity index (χ0) is 14.4. The SMILES string of the molecule is CC(C)(C)C(=O)n1c(=O)oc2cc([N+](=O)[O-])ccc21. The highest BCUT2D eigenvalue weighted by Crippen LogP contribution is 2.23. The van der Waals surface area contributed by atoms with Gasteiger partial charge in [0.05, 0.1) is 16.5 Å². The van der Waals surface area contributed by atoms with Crippen molar-refractivity contribution in [1.29, 1.82) is 0 Å². The van der Waals surface area contributed by atoms with Crippen molar-refractivity contribution in [3.63, 3.8) is 0 Å². The Bertz CT molecular complexity index is 733. The second kappa shape index (κ2) is 4.04. The number of hydrogen-bond acceptors (Lipinski definition) is 5. The van der Waals surface area contributed by atoms with Gasteiger partial charge < -0.3 is 4.42 Å². The molecule has 0 atom stereocenters. The number of oxazole rings is 1. The van der Waals surface area contributed by atoms with Crippen LogP contribution in [0.4, 0.5) is 5.69 Å². The molecule has 7 nitrogen and oxygen atoms in total. The molecule has 0 N–H and O–H groups in total. The van der Waals surface area contributed by atoms with Gasteiger partial charge in [-0.2, -0.15) is 0 Å². The highest BCUT2D eigenvalue weighted by molar-refractivity contribution is 5.92. The first-order chi connectivity index (χ1) is 8.71. The second-order valence-corrected chi connectivity index (χ2v) is 5.17. The summed E-state index contributed by atoms with van der Waals surface area (Å²) in [6.45, 7) is 5.02. The van der Waals surface area contributed by atoms with Crippen molar-refractivity contribution >= 4 is 22.7 Å². The molecule has 0 unspecified atom stereocenters. The number of fused-ring (bicyclic) bond motifs is 1. The van der Waals surface area contributed by atoms with Crippen LogP contribution in [0.15, 0.2) is 27.4 Å². The van der Waals surface area contributed by atoms with E-state index in [1.807, 2.05) is 0 Å². The van der Waals surface area contributed by atoms with Gasteiger partial charge in [-0.1, -0.05) is 20.8 Å². The summed E-state index contributed by atoms with van der Waals surface area (Å²) >= 11 is 0. The Kier molecular flexibility index (Phi) is 2.77. The average Bonchev–Trinajstić information content (AvgIpc) is 2.61. The topological polar surface area (TPSA) is 95.3 Å². The molecule has 0 aliphatic heterocycles. The van der Waals surface area contributed by atoms with Crippen molar-refractivity contribution in [3.8, 4) is 0 Å². The van der Waals surface area contributed by atoms with Gasteiger partial charge in [-0.15, -0.1) is 0 Å². The maximum absolute atomic E-state index is 12.2. The summed E-state index contributed by atoms with van der Waals surface area (Å²) < 4.78 is 5.79. The van der Waals surface area contributed by atoms with Crippen molar-refractivity contribution in [1.82, 2.24) is 4.57 Å². The third-order valence-electron chi connectivity index (χ3n) is 2.62. The number of hydrogen-bond donors (Lipinski definition) is 0. The minimum Gasteiger partial charge on any atom is -0.407 e. The third-order valence-corrected chi connectivity index (χ3v) is 2.62. The predicted octanol–water partition coefficient (Wildman–Crippen LogP) is 2.19. The lowest BCUT2D eigenvalue weighted by molar-refractivity contribution is -0.384. The summed E-state index contributed by atoms with van der Waals surface area (Å²) in [5, 5.41) is 10.6. The summed E-state index contributed by atoms with van der Waals surface area (Å²) in [7, 11) is 0. The van der Waals surface area contributed by atoms with Crippen LogP contribution < -0.4 is 5.76 Å². The standard InChI is InChI=1S/C12H12N2O5/c1-12(2,3)10(15)13-8-5-4-7(14(17)18)6-9(8)19-11(13)16/h4-6H,1-3H3. The van der Waals surface area contributed by atoms with Gasteiger partial charge in [0.1, 0.15) is 0 Å². The summed E-state index contributed by atoms with van der Waals surface area (Å²) in [6, 6.07) is 3.69. The molecule has 0 saturated heterocycles. The Hall–Kier alpha value is -2.44. The fourth-order valence-corrected chi connectivity index (χ4v) is 1.65. The first-order valence-electron chi connectivity index (χ1n) is 5.56. The van der Waals surface area contributed by atoms with E-state index in [2.05, 4.69) is 0 Å². The van der Waals surface area contributed by atoms with Crippen molar-refractivity contribution < 1.29 is 14.1 Å². The molecular weight excluding hydrogens is 252 g/mol. The van der Waals surface area contributed by atoms with Crippen LogP contribution in [0.1, 0.15) is 25.6 Å². The number of nitro benzene ring substituents is 1. The van der Waals surface area contributed by atoms with Crippen LogP contribution in [-0.2, 0) is 0 Å². The van der Waals surface area contributed by atoms with Gasteiger partial charge in [0.25, 0.3) is 5.69 Å². The molecule has 0 bridgehead atoms. The molecule has 1 aromatic carbocycles. The highest BCUT2D eigenvalue weighted by Gasteiger charge is 2.28. The molecule has 0 amide bonds. The van der Waals surface area contributed by atoms with E-state index in [0.29, 0.717) is 0 Å². The Morgan fingerprint density at radius 1 is 1.37 bits per heavy atom. The van der Waals surface area contributed by atoms with Crippen molar-refractivity contribution in [2.75, 3.05) is 0 Å². The lowest BCUT2D eigenvalue weighted by atomic mass is 9.95. The molecule has 0 radical (unpaired) electrons. The Balaban J connectivity index is 2.71. The lowest BCUT2D eigenvalue weighted by Crippen LogP contribution is -2.32. The van der Waals surface area contributed by atoms with Gasteiger partial charge in [-0.05, 0) is 6.07 Å². The number of nitrogens with zero attached hydrogens (tertiary/aromatic N) is 2. The summed E-state index contributed by atoms with van der Waals surface area (Å²) in [4.78, 5) is 33.9. The minimum atomic E-state index is -0.838. The van der Waals surface area contributed by atoms with Gasteiger partial charge >= 0.3 is 5.76 Å². The largest absolute Gasteiger partial charge is 0.426 e. The number of carbonyl (C=O) groups is 1. The van der Waals surface area contributed by atoms with Crippen molar-refractivity contribution in [3.05, 3.63) is 38.9 Å². The zero-order valence-electron chi connectivity index (χ0n) is 10.7. The van der Waals surface area contributed by atoms with Crippen LogP contribution >= 0.6 is 0 Å². The van der Waals surface area contributed by atoms with Gasteiger partial charge in [-0.3, -0.25) is 14.9 Å². The number of benzene rings is 1. The molecule has 0 fully saturated rings. The Morgan fingerprint density at radius 3 is 2.53 bits per heavy atom. The summed E-state index contributed by atoms with van der Waals surface area (Å²) in [5.41, 5.74) is -0.702. The highest BCUT2D eigenvalue weighted by atomic mass is 16.6. The van der Waals surface area contributed by atoms with Crippen LogP contribution in [0, 0.1) is 15.5 Å². The second-order valence-electron chi connectivity index (χ2n) is 5.17. The monoisotopic (exact) mass is 264 g/mol. The quantitative estimate of drug-likeness (QED) is 0.581. The normalized spacial score (nSPS) is 11.7. The minimum absolute atomic E-state index is 0.0248. The van der Waals surface area contributed by atoms with E-state index < -0.39 is 22.0 Å². The van der Waals surface area contributed by atoms with E-state index in [1.54, 1.807) is 20.8 Å². The predicted molar refractivity (Wildman–Crippen MR) is 67.2 cm³/mol. The van der Waals surface area contributed by atoms with Gasteiger partial charge in [0.15, 0.2) is 5.58 Å². The molecular formula is C12H12N2O5. The van der Waals surface area contributed by atoms with Crippen LogP contribution in [-0.4, -0.2) is 15.4 Å². The van der Waals surface area contributed by atoms with Crippen LogP contribution in [0.2, 0.25) is 0 Å². The fourth-order valence-electron chi connectivity index (χ4n) is 1.65. The van der Waals surface area contributed by atoms with Gasteiger partial charge in [0.2, 0.25) is 5.91 Å². The molecule has 1 heterocycles. The zero-order valence-corrected chi connectivity index (χ0v) is 10.7. The van der Waals surface area contributed by atoms with E-state index in [1.165, 1.54) is 12.1 Å².